The summed E-state index contributed by atoms with van der Waals surface area (Å²) < 4.78 is 44.1. The molecule has 1 aromatic carbocycles. The molecule has 0 saturated heterocycles. The molecule has 0 aliphatic rings. The summed E-state index contributed by atoms with van der Waals surface area (Å²) in [5, 5.41) is 2.72. The zero-order valence-electron chi connectivity index (χ0n) is 12.5. The van der Waals surface area contributed by atoms with E-state index in [1.165, 1.54) is 20.9 Å². The smallest absolute Gasteiger partial charge is 0.465 e. The number of halogens is 3. The summed E-state index contributed by atoms with van der Waals surface area (Å²) in [5.41, 5.74) is 0.0707. The van der Waals surface area contributed by atoms with Crippen LogP contribution in [0, 0.1) is 20.8 Å². The molecule has 0 bridgehead atoms. The second-order valence-electron chi connectivity index (χ2n) is 4.36. The summed E-state index contributed by atoms with van der Waals surface area (Å²) in [6.07, 6.45) is 0. The summed E-state index contributed by atoms with van der Waals surface area (Å²) in [4.78, 5) is 11.7. The molecule has 0 fully saturated rings. The van der Waals surface area contributed by atoms with Gasteiger partial charge in [-0.1, -0.05) is 16.6 Å². The monoisotopic (exact) mass is 313 g/mol. The Morgan fingerprint density at radius 3 is 1.95 bits per heavy atom. The molecule has 8 heteroatoms. The van der Waals surface area contributed by atoms with E-state index in [4.69, 9.17) is 0 Å². The molecule has 1 rings (SSSR count). The average Bonchev–Trinajstić information content (AvgIpc) is 2.26. The number of nitrogens with one attached hydrogen (secondary N) is 1. The van der Waals surface area contributed by atoms with Crippen molar-refractivity contribution >= 4 is 24.1 Å². The van der Waals surface area contributed by atoms with Crippen LogP contribution < -0.4 is 62.2 Å². The van der Waals surface area contributed by atoms with Crippen LogP contribution in [0.3, 0.4) is 0 Å². The fourth-order valence-electron chi connectivity index (χ4n) is 2.51. The van der Waals surface area contributed by atoms with Crippen molar-refractivity contribution in [1.29, 1.82) is 0 Å². The van der Waals surface area contributed by atoms with E-state index in [-0.39, 0.29) is 68.1 Å². The molecule has 3 nitrogen and oxygen atoms in total. The van der Waals surface area contributed by atoms with E-state index >= 15 is 0 Å². The van der Waals surface area contributed by atoms with Gasteiger partial charge in [0.25, 0.3) is 0 Å². The van der Waals surface area contributed by atoms with Crippen molar-refractivity contribution in [1.82, 2.24) is 0 Å². The molecular weight excluding hydrogens is 297 g/mol. The number of hydrogen-bond acceptors (Lipinski definition) is 3. The molecule has 106 valence electrons. The maximum Gasteiger partial charge on any atom is 1.00 e. The van der Waals surface area contributed by atoms with Gasteiger partial charge in [0, 0.05) is 12.7 Å². The van der Waals surface area contributed by atoms with Crippen molar-refractivity contribution in [3.63, 3.8) is 0 Å². The van der Waals surface area contributed by atoms with Gasteiger partial charge in [-0.3, -0.25) is 0 Å². The molecule has 1 aromatic rings. The van der Waals surface area contributed by atoms with Crippen LogP contribution in [0.1, 0.15) is 27.0 Å². The minimum atomic E-state index is -5.20. The summed E-state index contributed by atoms with van der Waals surface area (Å²) in [6.45, 7) is -0.894. The Morgan fingerprint density at radius 1 is 1.10 bits per heavy atom. The van der Waals surface area contributed by atoms with Gasteiger partial charge in [-0.15, -0.1) is 0 Å². The van der Waals surface area contributed by atoms with E-state index in [1.807, 2.05) is 0 Å². The zero-order valence-corrected chi connectivity index (χ0v) is 15.7. The van der Waals surface area contributed by atoms with Crippen molar-refractivity contribution in [2.24, 2.45) is 0 Å². The van der Waals surface area contributed by atoms with Gasteiger partial charge in [-0.2, -0.15) is 0 Å². The number of ether oxygens (including phenoxy) is 1. The molecule has 20 heavy (non-hydrogen) atoms. The maximum absolute atomic E-state index is 13.2. The van der Waals surface area contributed by atoms with E-state index in [0.717, 1.165) is 7.11 Å². The second kappa shape index (κ2) is 7.31. The minimum Gasteiger partial charge on any atom is -0.465 e. The molecule has 0 aromatic heterocycles. The number of carbonyl (C=O) groups is 1. The number of carbonyl (C=O) groups excluding carboxylic acids is 1. The molecule has 0 spiro atoms. The first-order chi connectivity index (χ1) is 8.66. The van der Waals surface area contributed by atoms with Crippen molar-refractivity contribution in [3.8, 4) is 0 Å². The molecule has 0 heterocycles. The first-order valence-electron chi connectivity index (χ1n) is 5.76. The number of esters is 1. The van der Waals surface area contributed by atoms with Crippen molar-refractivity contribution in [2.75, 3.05) is 19.5 Å². The van der Waals surface area contributed by atoms with Gasteiger partial charge in [0.2, 0.25) is 0 Å². The topological polar surface area (TPSA) is 38.3 Å². The number of anilines is 1. The van der Waals surface area contributed by atoms with Gasteiger partial charge >= 0.3 is 64.3 Å². The van der Waals surface area contributed by atoms with Gasteiger partial charge in [0.1, 0.15) is 0 Å². The Labute approximate surface area is 159 Å². The van der Waals surface area contributed by atoms with Gasteiger partial charge in [0.05, 0.1) is 12.7 Å². The zero-order chi connectivity index (χ0) is 15.0. The van der Waals surface area contributed by atoms with Gasteiger partial charge < -0.3 is 23.0 Å². The van der Waals surface area contributed by atoms with Crippen LogP contribution in [0.2, 0.25) is 0 Å². The van der Waals surface area contributed by atoms with Crippen molar-refractivity contribution in [3.05, 3.63) is 22.3 Å². The number of hydrogen-bond donors (Lipinski definition) is 1. The van der Waals surface area contributed by atoms with Crippen LogP contribution in [-0.4, -0.2) is 27.1 Å². The third-order valence-corrected chi connectivity index (χ3v) is 3.27. The number of rotatable bonds is 3. The van der Waals surface area contributed by atoms with Crippen LogP contribution in [0.15, 0.2) is 0 Å². The van der Waals surface area contributed by atoms with Crippen molar-refractivity contribution in [2.45, 2.75) is 20.8 Å². The molecule has 0 atom stereocenters. The molecular formula is C12H16BF3KNO2. The van der Waals surface area contributed by atoms with E-state index < -0.39 is 18.4 Å². The summed E-state index contributed by atoms with van der Waals surface area (Å²) in [5.74, 6) is -0.757. The quantitative estimate of drug-likeness (QED) is 0.604. The number of benzene rings is 1. The van der Waals surface area contributed by atoms with E-state index in [1.54, 1.807) is 6.92 Å². The summed E-state index contributed by atoms with van der Waals surface area (Å²) in [7, 11) is 2.68. The van der Waals surface area contributed by atoms with Crippen LogP contribution in [0.5, 0.6) is 0 Å². The van der Waals surface area contributed by atoms with Crippen molar-refractivity contribution < 1.29 is 73.9 Å². The van der Waals surface area contributed by atoms with Gasteiger partial charge in [-0.25, -0.2) is 4.79 Å². The Balaban J connectivity index is 0.00000361. The minimum absolute atomic E-state index is 0. The standard InChI is InChI=1S/C12H16BF3NO2.K/c1-6-9(12(18)19-5)7(2)11(17-4)8(3)10(6)13(14,15)16;/h17H,1-5H3;/q-1;+1. The molecule has 0 aliphatic carbocycles. The van der Waals surface area contributed by atoms with Crippen LogP contribution in [0.4, 0.5) is 18.6 Å². The Hall–Kier alpha value is -0.0187. The molecule has 0 saturated carbocycles. The third kappa shape index (κ3) is 3.59. The normalized spacial score (nSPS) is 10.8. The Morgan fingerprint density at radius 2 is 1.60 bits per heavy atom. The second-order valence-corrected chi connectivity index (χ2v) is 4.36. The van der Waals surface area contributed by atoms with Crippen LogP contribution >= 0.6 is 0 Å². The van der Waals surface area contributed by atoms with E-state index in [0.29, 0.717) is 11.3 Å². The fraction of sp³-hybridized carbons (Fsp3) is 0.417. The molecule has 1 N–H and O–H groups in total. The van der Waals surface area contributed by atoms with Gasteiger partial charge in [0.15, 0.2) is 0 Å². The van der Waals surface area contributed by atoms with Gasteiger partial charge in [-0.05, 0) is 26.3 Å². The number of methoxy groups -OCH3 is 1. The predicted molar refractivity (Wildman–Crippen MR) is 70.3 cm³/mol. The Kier molecular flexibility index (Phi) is 7.30. The van der Waals surface area contributed by atoms with E-state index in [9.17, 15) is 17.7 Å². The largest absolute Gasteiger partial charge is 1.00 e. The molecule has 0 radical (unpaired) electrons. The maximum atomic E-state index is 13.2. The fourth-order valence-corrected chi connectivity index (χ4v) is 2.51. The first-order valence-corrected chi connectivity index (χ1v) is 5.76. The molecule has 0 aliphatic heterocycles. The molecule has 0 unspecified atom stereocenters. The third-order valence-electron chi connectivity index (χ3n) is 3.27. The van der Waals surface area contributed by atoms with E-state index in [2.05, 4.69) is 10.1 Å². The predicted octanol–water partition coefficient (Wildman–Crippen LogP) is -0.501. The average molecular weight is 313 g/mol. The SMILES string of the molecule is CNc1c(C)c(C(=O)OC)c(C)c([B-](F)(F)F)c1C.[K+]. The Bertz CT molecular complexity index is 533. The van der Waals surface area contributed by atoms with Crippen LogP contribution in [0.25, 0.3) is 0 Å². The van der Waals surface area contributed by atoms with Crippen LogP contribution in [-0.2, 0) is 4.74 Å². The first kappa shape index (κ1) is 20.0. The summed E-state index contributed by atoms with van der Waals surface area (Å²) >= 11 is 0. The molecule has 0 amide bonds. The summed E-state index contributed by atoms with van der Waals surface area (Å²) in [6, 6.07) is 0.